The van der Waals surface area contributed by atoms with Crippen LogP contribution in [0.5, 0.6) is 0 Å². The van der Waals surface area contributed by atoms with E-state index in [4.69, 9.17) is 4.74 Å². The summed E-state index contributed by atoms with van der Waals surface area (Å²) in [5, 5.41) is 3.65. The Balaban J connectivity index is 1.55. The quantitative estimate of drug-likeness (QED) is 0.401. The summed E-state index contributed by atoms with van der Waals surface area (Å²) >= 11 is 1.33. The van der Waals surface area contributed by atoms with E-state index in [1.54, 1.807) is 0 Å². The number of anilines is 1. The molecule has 2 aromatic carbocycles. The molecule has 7 heteroatoms. The SMILES string of the molecule is CCCn1c(SCC(=O)OCC(=O)Nc2c(C)cccc2CC)nc2ccccc21. The number of nitrogens with zero attached hydrogens (tertiary/aromatic N) is 2. The number of nitrogens with one attached hydrogen (secondary N) is 1. The number of amides is 1. The van der Waals surface area contributed by atoms with E-state index in [1.165, 1.54) is 11.8 Å². The Bertz CT molecular complexity index is 1050. The molecule has 0 aliphatic rings. The maximum Gasteiger partial charge on any atom is 0.316 e. The van der Waals surface area contributed by atoms with E-state index in [9.17, 15) is 9.59 Å². The molecule has 0 spiro atoms. The van der Waals surface area contributed by atoms with E-state index in [0.29, 0.717) is 0 Å². The van der Waals surface area contributed by atoms with Crippen LogP contribution in [-0.2, 0) is 27.3 Å². The Labute approximate surface area is 181 Å². The van der Waals surface area contributed by atoms with Crippen molar-refractivity contribution in [1.82, 2.24) is 9.55 Å². The molecule has 1 amide bonds. The zero-order valence-corrected chi connectivity index (χ0v) is 18.4. The van der Waals surface area contributed by atoms with Crippen molar-refractivity contribution < 1.29 is 14.3 Å². The minimum atomic E-state index is -0.439. The zero-order valence-electron chi connectivity index (χ0n) is 17.6. The van der Waals surface area contributed by atoms with E-state index < -0.39 is 5.97 Å². The number of para-hydroxylation sites is 3. The highest BCUT2D eigenvalue weighted by Crippen LogP contribution is 2.25. The minimum Gasteiger partial charge on any atom is -0.455 e. The molecular formula is C23H27N3O3S. The number of esters is 1. The molecule has 3 rings (SSSR count). The number of carbonyl (C=O) groups is 2. The Kier molecular flexibility index (Phi) is 7.52. The van der Waals surface area contributed by atoms with Gasteiger partial charge in [0.2, 0.25) is 0 Å². The molecule has 0 unspecified atom stereocenters. The lowest BCUT2D eigenvalue weighted by molar-refractivity contribution is -0.144. The predicted octanol–water partition coefficient (Wildman–Crippen LogP) is 4.59. The van der Waals surface area contributed by atoms with Crippen LogP contribution in [0.4, 0.5) is 5.69 Å². The van der Waals surface area contributed by atoms with Crippen molar-refractivity contribution >= 4 is 40.4 Å². The lowest BCUT2D eigenvalue weighted by Crippen LogP contribution is -2.22. The van der Waals surface area contributed by atoms with E-state index >= 15 is 0 Å². The van der Waals surface area contributed by atoms with Gasteiger partial charge in [0.15, 0.2) is 11.8 Å². The van der Waals surface area contributed by atoms with Gasteiger partial charge in [-0.05, 0) is 43.0 Å². The van der Waals surface area contributed by atoms with E-state index in [-0.39, 0.29) is 18.3 Å². The average molecular weight is 426 g/mol. The van der Waals surface area contributed by atoms with Crippen LogP contribution in [0, 0.1) is 6.92 Å². The van der Waals surface area contributed by atoms with E-state index in [1.807, 2.05) is 56.3 Å². The number of ether oxygens (including phenoxy) is 1. The molecule has 0 saturated heterocycles. The zero-order chi connectivity index (χ0) is 21.5. The Morgan fingerprint density at radius 2 is 1.93 bits per heavy atom. The fraction of sp³-hybridized carbons (Fsp3) is 0.348. The number of hydrogen-bond donors (Lipinski definition) is 1. The van der Waals surface area contributed by atoms with Crippen LogP contribution in [0.2, 0.25) is 0 Å². The second-order valence-electron chi connectivity index (χ2n) is 6.99. The maximum atomic E-state index is 12.3. The molecule has 30 heavy (non-hydrogen) atoms. The number of aryl methyl sites for hydroxylation is 3. The smallest absolute Gasteiger partial charge is 0.316 e. The molecule has 1 heterocycles. The predicted molar refractivity (Wildman–Crippen MR) is 121 cm³/mol. The molecule has 0 radical (unpaired) electrons. The Morgan fingerprint density at radius 3 is 2.70 bits per heavy atom. The molecule has 0 saturated carbocycles. The molecule has 6 nitrogen and oxygen atoms in total. The fourth-order valence-electron chi connectivity index (χ4n) is 3.29. The first kappa shape index (κ1) is 21.9. The van der Waals surface area contributed by atoms with Crippen molar-refractivity contribution in [2.45, 2.75) is 45.3 Å². The molecule has 0 aliphatic carbocycles. The summed E-state index contributed by atoms with van der Waals surface area (Å²) in [5.74, 6) is -0.674. The Morgan fingerprint density at radius 1 is 1.13 bits per heavy atom. The molecule has 158 valence electrons. The van der Waals surface area contributed by atoms with Crippen molar-refractivity contribution in [3.8, 4) is 0 Å². The summed E-state index contributed by atoms with van der Waals surface area (Å²) in [4.78, 5) is 29.1. The van der Waals surface area contributed by atoms with Gasteiger partial charge in [0, 0.05) is 12.2 Å². The van der Waals surface area contributed by atoms with Gasteiger partial charge in [-0.2, -0.15) is 0 Å². The van der Waals surface area contributed by atoms with Gasteiger partial charge in [-0.15, -0.1) is 0 Å². The maximum absolute atomic E-state index is 12.3. The fourth-order valence-corrected chi connectivity index (χ4v) is 4.13. The summed E-state index contributed by atoms with van der Waals surface area (Å²) in [6.07, 6.45) is 1.78. The molecule has 0 atom stereocenters. The van der Waals surface area contributed by atoms with Gasteiger partial charge in [0.05, 0.1) is 16.8 Å². The number of benzene rings is 2. The van der Waals surface area contributed by atoms with Crippen LogP contribution < -0.4 is 5.32 Å². The number of thioether (sulfide) groups is 1. The molecule has 0 fully saturated rings. The first-order valence-corrected chi connectivity index (χ1v) is 11.1. The van der Waals surface area contributed by atoms with Gasteiger partial charge >= 0.3 is 5.97 Å². The van der Waals surface area contributed by atoms with Gasteiger partial charge in [0.25, 0.3) is 5.91 Å². The summed E-state index contributed by atoms with van der Waals surface area (Å²) < 4.78 is 7.29. The van der Waals surface area contributed by atoms with E-state index in [2.05, 4.69) is 21.8 Å². The summed E-state index contributed by atoms with van der Waals surface area (Å²) in [6.45, 7) is 6.61. The second kappa shape index (κ2) is 10.3. The van der Waals surface area contributed by atoms with Crippen LogP contribution in [0.3, 0.4) is 0 Å². The second-order valence-corrected chi connectivity index (χ2v) is 7.94. The van der Waals surface area contributed by atoms with Crippen molar-refractivity contribution in [3.63, 3.8) is 0 Å². The van der Waals surface area contributed by atoms with Crippen LogP contribution in [0.25, 0.3) is 11.0 Å². The largest absolute Gasteiger partial charge is 0.455 e. The first-order valence-electron chi connectivity index (χ1n) is 10.2. The number of fused-ring (bicyclic) bond motifs is 1. The van der Waals surface area contributed by atoms with Crippen LogP contribution in [0.15, 0.2) is 47.6 Å². The lowest BCUT2D eigenvalue weighted by Gasteiger charge is -2.13. The highest BCUT2D eigenvalue weighted by Gasteiger charge is 2.15. The van der Waals surface area contributed by atoms with E-state index in [0.717, 1.165) is 52.4 Å². The van der Waals surface area contributed by atoms with Gasteiger partial charge in [-0.3, -0.25) is 9.59 Å². The van der Waals surface area contributed by atoms with Crippen molar-refractivity contribution in [2.24, 2.45) is 0 Å². The number of carbonyl (C=O) groups excluding carboxylic acids is 2. The third-order valence-corrected chi connectivity index (χ3v) is 5.70. The van der Waals surface area contributed by atoms with Crippen LogP contribution in [-0.4, -0.2) is 33.8 Å². The van der Waals surface area contributed by atoms with Crippen molar-refractivity contribution in [3.05, 3.63) is 53.6 Å². The normalized spacial score (nSPS) is 10.9. The summed E-state index contributed by atoms with van der Waals surface area (Å²) in [6, 6.07) is 13.8. The third kappa shape index (κ3) is 5.21. The number of hydrogen-bond acceptors (Lipinski definition) is 5. The minimum absolute atomic E-state index is 0.102. The molecule has 0 bridgehead atoms. The van der Waals surface area contributed by atoms with Gasteiger partial charge in [-0.25, -0.2) is 4.98 Å². The monoisotopic (exact) mass is 425 g/mol. The number of imidazole rings is 1. The van der Waals surface area contributed by atoms with Gasteiger partial charge in [0.1, 0.15) is 0 Å². The Hall–Kier alpha value is -2.80. The standard InChI is InChI=1S/C23H27N3O3S/c1-4-13-26-19-12-7-6-11-18(19)24-23(26)30-15-21(28)29-14-20(27)25-22-16(3)9-8-10-17(22)5-2/h6-12H,4-5,13-15H2,1-3H3,(H,25,27). The average Bonchev–Trinajstić information content (AvgIpc) is 3.10. The molecule has 3 aromatic rings. The summed E-state index contributed by atoms with van der Waals surface area (Å²) in [7, 11) is 0. The first-order chi connectivity index (χ1) is 14.5. The van der Waals surface area contributed by atoms with Gasteiger partial charge < -0.3 is 14.6 Å². The number of aromatic nitrogens is 2. The lowest BCUT2D eigenvalue weighted by atomic mass is 10.1. The van der Waals surface area contributed by atoms with Gasteiger partial charge in [-0.1, -0.05) is 55.9 Å². The number of rotatable bonds is 9. The third-order valence-electron chi connectivity index (χ3n) is 4.75. The van der Waals surface area contributed by atoms with Crippen LogP contribution in [0.1, 0.15) is 31.4 Å². The molecule has 0 aliphatic heterocycles. The molecular weight excluding hydrogens is 398 g/mol. The molecule has 1 N–H and O–H groups in total. The topological polar surface area (TPSA) is 73.2 Å². The highest BCUT2D eigenvalue weighted by atomic mass is 32.2. The molecule has 1 aromatic heterocycles. The highest BCUT2D eigenvalue weighted by molar-refractivity contribution is 7.99. The van der Waals surface area contributed by atoms with Crippen molar-refractivity contribution in [2.75, 3.05) is 17.7 Å². The summed E-state index contributed by atoms with van der Waals surface area (Å²) in [5.41, 5.74) is 4.80. The van der Waals surface area contributed by atoms with Crippen LogP contribution >= 0.6 is 11.8 Å². The van der Waals surface area contributed by atoms with Crippen molar-refractivity contribution in [1.29, 1.82) is 0 Å².